The summed E-state index contributed by atoms with van der Waals surface area (Å²) in [6.07, 6.45) is 1.35. The number of halogens is 1. The maximum Gasteiger partial charge on any atom is 0.411 e. The third-order valence-corrected chi connectivity index (χ3v) is 5.78. The second-order valence-electron chi connectivity index (χ2n) is 5.72. The van der Waals surface area contributed by atoms with Gasteiger partial charge in [0, 0.05) is 12.2 Å². The van der Waals surface area contributed by atoms with Gasteiger partial charge in [0.25, 0.3) is 0 Å². The van der Waals surface area contributed by atoms with E-state index in [-0.39, 0.29) is 24.0 Å². The van der Waals surface area contributed by atoms with Crippen molar-refractivity contribution in [1.29, 1.82) is 0 Å². The molecule has 3 rings (SSSR count). The van der Waals surface area contributed by atoms with Crippen molar-refractivity contribution >= 4 is 21.8 Å². The minimum absolute atomic E-state index is 0.00103. The number of anilines is 1. The third kappa shape index (κ3) is 4.49. The summed E-state index contributed by atoms with van der Waals surface area (Å²) in [6, 6.07) is 5.75. The molecular weight excluding hydrogens is 379 g/mol. The van der Waals surface area contributed by atoms with E-state index in [0.29, 0.717) is 12.1 Å². The molecule has 1 fully saturated rings. The first-order valence-electron chi connectivity index (χ1n) is 7.98. The van der Waals surface area contributed by atoms with Crippen LogP contribution in [0.3, 0.4) is 0 Å². The molecule has 1 aliphatic rings. The summed E-state index contributed by atoms with van der Waals surface area (Å²) in [7, 11) is -2.48. The van der Waals surface area contributed by atoms with Gasteiger partial charge in [-0.25, -0.2) is 27.6 Å². The largest absolute Gasteiger partial charge is 0.459 e. The lowest BCUT2D eigenvalue weighted by Gasteiger charge is -2.17. The van der Waals surface area contributed by atoms with Crippen LogP contribution in [-0.2, 0) is 14.8 Å². The fourth-order valence-electron chi connectivity index (χ4n) is 2.55. The zero-order chi connectivity index (χ0) is 19.4. The zero-order valence-corrected chi connectivity index (χ0v) is 15.1. The van der Waals surface area contributed by atoms with E-state index >= 15 is 0 Å². The maximum absolute atomic E-state index is 12.8. The van der Waals surface area contributed by atoms with E-state index in [2.05, 4.69) is 20.0 Å². The predicted molar refractivity (Wildman–Crippen MR) is 92.3 cm³/mol. The molecule has 0 unspecified atom stereocenters. The molecule has 9 nitrogen and oxygen atoms in total. The average Bonchev–Trinajstić information content (AvgIpc) is 3.13. The van der Waals surface area contributed by atoms with Gasteiger partial charge >= 0.3 is 12.1 Å². The molecule has 2 aromatic rings. The highest BCUT2D eigenvalue weighted by molar-refractivity contribution is 7.89. The van der Waals surface area contributed by atoms with Crippen molar-refractivity contribution in [2.24, 2.45) is 0 Å². The van der Waals surface area contributed by atoms with Crippen molar-refractivity contribution in [1.82, 2.24) is 14.3 Å². The Morgan fingerprint density at radius 1 is 1.26 bits per heavy atom. The van der Waals surface area contributed by atoms with Crippen LogP contribution in [0.15, 0.2) is 41.6 Å². The summed E-state index contributed by atoms with van der Waals surface area (Å²) in [4.78, 5) is 18.7. The van der Waals surface area contributed by atoms with Crippen molar-refractivity contribution in [3.8, 4) is 6.01 Å². The minimum atomic E-state index is -3.71. The van der Waals surface area contributed by atoms with E-state index in [1.165, 1.54) is 35.7 Å². The number of nitrogens with zero attached hydrogens (tertiary/aromatic N) is 3. The monoisotopic (exact) mass is 396 g/mol. The number of amides is 1. The number of rotatable bonds is 5. The van der Waals surface area contributed by atoms with Crippen molar-refractivity contribution in [2.75, 3.05) is 25.5 Å². The fourth-order valence-corrected chi connectivity index (χ4v) is 4.04. The summed E-state index contributed by atoms with van der Waals surface area (Å²) in [6.45, 7) is 0.404. The number of ether oxygens (including phenoxy) is 2. The van der Waals surface area contributed by atoms with Crippen LogP contribution in [0.4, 0.5) is 14.9 Å². The highest BCUT2D eigenvalue weighted by Crippen LogP contribution is 2.24. The molecule has 0 saturated carbocycles. The van der Waals surface area contributed by atoms with Crippen molar-refractivity contribution in [2.45, 2.75) is 17.4 Å². The summed E-state index contributed by atoms with van der Waals surface area (Å²) >= 11 is 0. The molecule has 0 aliphatic carbocycles. The second kappa shape index (κ2) is 7.84. The number of hydrogen-bond acceptors (Lipinski definition) is 7. The van der Waals surface area contributed by atoms with E-state index in [9.17, 15) is 17.6 Å². The topological polar surface area (TPSA) is 111 Å². The van der Waals surface area contributed by atoms with E-state index in [4.69, 9.17) is 4.74 Å². The predicted octanol–water partition coefficient (Wildman–Crippen LogP) is 1.64. The SMILES string of the molecule is COC(=O)Nc1ccc(S(=O)(=O)N2CC[C@@H](Oc3ncc(F)cn3)C2)cc1. The quantitative estimate of drug-likeness (QED) is 0.818. The first-order chi connectivity index (χ1) is 12.9. The van der Waals surface area contributed by atoms with Crippen molar-refractivity contribution < 1.29 is 27.1 Å². The van der Waals surface area contributed by atoms with Gasteiger partial charge in [0.2, 0.25) is 10.0 Å². The zero-order valence-electron chi connectivity index (χ0n) is 14.3. The Hall–Kier alpha value is -2.79. The van der Waals surface area contributed by atoms with Crippen LogP contribution >= 0.6 is 0 Å². The Labute approximate surface area is 155 Å². The van der Waals surface area contributed by atoms with Crippen LogP contribution < -0.4 is 10.1 Å². The number of methoxy groups -OCH3 is 1. The molecular formula is C16H17FN4O5S. The molecule has 1 aromatic heterocycles. The molecule has 1 aliphatic heterocycles. The van der Waals surface area contributed by atoms with Crippen molar-refractivity contribution in [3.63, 3.8) is 0 Å². The Kier molecular flexibility index (Phi) is 5.51. The highest BCUT2D eigenvalue weighted by atomic mass is 32.2. The summed E-state index contributed by atoms with van der Waals surface area (Å²) in [5.74, 6) is -0.580. The van der Waals surface area contributed by atoms with Gasteiger partial charge in [-0.05, 0) is 30.7 Å². The Balaban J connectivity index is 1.65. The van der Waals surface area contributed by atoms with E-state index in [1.807, 2.05) is 0 Å². The molecule has 1 aromatic carbocycles. The second-order valence-corrected chi connectivity index (χ2v) is 7.65. The molecule has 27 heavy (non-hydrogen) atoms. The van der Waals surface area contributed by atoms with Crippen LogP contribution in [0.25, 0.3) is 0 Å². The average molecular weight is 396 g/mol. The minimum Gasteiger partial charge on any atom is -0.459 e. The van der Waals surface area contributed by atoms with Crippen molar-refractivity contribution in [3.05, 3.63) is 42.5 Å². The van der Waals surface area contributed by atoms with Crippen LogP contribution in [0.2, 0.25) is 0 Å². The van der Waals surface area contributed by atoms with Crippen LogP contribution in [-0.4, -0.2) is 55.1 Å². The lowest BCUT2D eigenvalue weighted by molar-refractivity contribution is 0.187. The maximum atomic E-state index is 12.8. The van der Waals surface area contributed by atoms with Crippen LogP contribution in [0.1, 0.15) is 6.42 Å². The molecule has 1 atom stereocenters. The molecule has 0 radical (unpaired) electrons. The lowest BCUT2D eigenvalue weighted by atomic mass is 10.3. The van der Waals surface area contributed by atoms with E-state index in [0.717, 1.165) is 12.4 Å². The number of sulfonamides is 1. The lowest BCUT2D eigenvalue weighted by Crippen LogP contribution is -2.31. The number of carbonyl (C=O) groups excluding carboxylic acids is 1. The van der Waals surface area contributed by atoms with Gasteiger partial charge in [-0.2, -0.15) is 4.31 Å². The highest BCUT2D eigenvalue weighted by Gasteiger charge is 2.34. The van der Waals surface area contributed by atoms with Gasteiger partial charge in [0.05, 0.1) is 30.9 Å². The molecule has 144 valence electrons. The van der Waals surface area contributed by atoms with Gasteiger partial charge in [-0.1, -0.05) is 0 Å². The Bertz CT molecular complexity index is 905. The molecule has 0 spiro atoms. The first-order valence-corrected chi connectivity index (χ1v) is 9.42. The molecule has 2 heterocycles. The number of hydrogen-bond donors (Lipinski definition) is 1. The van der Waals surface area contributed by atoms with Crippen LogP contribution in [0.5, 0.6) is 6.01 Å². The molecule has 11 heteroatoms. The standard InChI is InChI=1S/C16H17FN4O5S/c1-25-16(22)20-12-2-4-14(5-3-12)27(23,24)21-7-6-13(10-21)26-15-18-8-11(17)9-19-15/h2-5,8-9,13H,6-7,10H2,1H3,(H,20,22)/t13-/m1/s1. The fraction of sp³-hybridized carbons (Fsp3) is 0.312. The first kappa shape index (κ1) is 19.0. The third-order valence-electron chi connectivity index (χ3n) is 3.90. The van der Waals surface area contributed by atoms with E-state index in [1.54, 1.807) is 0 Å². The van der Waals surface area contributed by atoms with E-state index < -0.39 is 28.0 Å². The Morgan fingerprint density at radius 3 is 2.56 bits per heavy atom. The summed E-state index contributed by atoms with van der Waals surface area (Å²) < 4.78 is 49.6. The number of carbonyl (C=O) groups is 1. The number of aromatic nitrogens is 2. The molecule has 1 amide bonds. The molecule has 1 saturated heterocycles. The summed E-state index contributed by atoms with van der Waals surface area (Å²) in [5, 5.41) is 2.45. The van der Waals surface area contributed by atoms with Gasteiger partial charge in [-0.3, -0.25) is 5.32 Å². The molecule has 1 N–H and O–H groups in total. The van der Waals surface area contributed by atoms with Crippen LogP contribution in [0, 0.1) is 5.82 Å². The van der Waals surface area contributed by atoms with Gasteiger partial charge in [0.1, 0.15) is 6.10 Å². The number of benzene rings is 1. The smallest absolute Gasteiger partial charge is 0.411 e. The van der Waals surface area contributed by atoms with Gasteiger partial charge in [-0.15, -0.1) is 0 Å². The number of nitrogens with one attached hydrogen (secondary N) is 1. The van der Waals surface area contributed by atoms with Gasteiger partial charge in [0.15, 0.2) is 5.82 Å². The normalized spacial score (nSPS) is 17.5. The molecule has 0 bridgehead atoms. The Morgan fingerprint density at radius 2 is 1.93 bits per heavy atom. The van der Waals surface area contributed by atoms with Gasteiger partial charge < -0.3 is 9.47 Å². The summed E-state index contributed by atoms with van der Waals surface area (Å²) in [5.41, 5.74) is 0.414.